The Bertz CT molecular complexity index is 760. The van der Waals surface area contributed by atoms with E-state index in [0.29, 0.717) is 5.02 Å². The summed E-state index contributed by atoms with van der Waals surface area (Å²) >= 11 is 11.5. The number of hydrogen-bond donors (Lipinski definition) is 1. The van der Waals surface area contributed by atoms with E-state index in [1.165, 1.54) is 24.3 Å². The van der Waals surface area contributed by atoms with Gasteiger partial charge in [0.1, 0.15) is 5.02 Å². The number of rotatable bonds is 4. The third-order valence-electron chi connectivity index (χ3n) is 2.69. The smallest absolute Gasteiger partial charge is 0.289 e. The second kappa shape index (κ2) is 7.06. The Kier molecular flexibility index (Phi) is 5.14. The van der Waals surface area contributed by atoms with Gasteiger partial charge in [0.05, 0.1) is 4.92 Å². The summed E-state index contributed by atoms with van der Waals surface area (Å²) in [6, 6.07) is 11.0. The number of amides is 1. The average molecular weight is 337 g/mol. The van der Waals surface area contributed by atoms with Gasteiger partial charge in [0.25, 0.3) is 5.69 Å². The molecule has 2 aromatic carbocycles. The molecule has 0 fully saturated rings. The number of nitrogens with one attached hydrogen (secondary N) is 1. The molecule has 0 aromatic heterocycles. The molecule has 0 radical (unpaired) electrons. The number of halogens is 2. The maximum atomic E-state index is 11.8. The molecule has 0 saturated heterocycles. The highest BCUT2D eigenvalue weighted by Crippen LogP contribution is 2.27. The van der Waals surface area contributed by atoms with Crippen LogP contribution in [0.4, 0.5) is 11.4 Å². The Morgan fingerprint density at radius 1 is 1.18 bits per heavy atom. The molecule has 0 atom stereocenters. The lowest BCUT2D eigenvalue weighted by Crippen LogP contribution is -2.08. The normalized spacial score (nSPS) is 10.6. The highest BCUT2D eigenvalue weighted by atomic mass is 35.5. The van der Waals surface area contributed by atoms with E-state index < -0.39 is 10.8 Å². The highest BCUT2D eigenvalue weighted by Gasteiger charge is 2.13. The first-order valence-electron chi connectivity index (χ1n) is 6.14. The third-order valence-corrected chi connectivity index (χ3v) is 3.24. The van der Waals surface area contributed by atoms with Gasteiger partial charge < -0.3 is 5.32 Å². The van der Waals surface area contributed by atoms with Crippen LogP contribution in [-0.4, -0.2) is 10.8 Å². The quantitative estimate of drug-likeness (QED) is 0.505. The number of nitrogens with zero attached hydrogens (tertiary/aromatic N) is 1. The molecule has 0 spiro atoms. The summed E-state index contributed by atoms with van der Waals surface area (Å²) in [7, 11) is 0. The van der Waals surface area contributed by atoms with Gasteiger partial charge >= 0.3 is 0 Å². The van der Waals surface area contributed by atoms with Gasteiger partial charge in [-0.1, -0.05) is 35.3 Å². The minimum absolute atomic E-state index is 0.0115. The molecule has 0 saturated carbocycles. The molecular weight excluding hydrogens is 327 g/mol. The van der Waals surface area contributed by atoms with Crippen molar-refractivity contribution >= 4 is 46.6 Å². The monoisotopic (exact) mass is 336 g/mol. The topological polar surface area (TPSA) is 72.2 Å². The van der Waals surface area contributed by atoms with Crippen LogP contribution in [0.25, 0.3) is 6.08 Å². The standard InChI is InChI=1S/C15H10Cl2N2O3/c16-11-3-1-2-10(8-11)4-7-15(20)18-12-5-6-13(17)14(9-12)19(21)22/h1-9H,(H,18,20)/b7-4+. The van der Waals surface area contributed by atoms with Crippen molar-refractivity contribution in [3.8, 4) is 0 Å². The summed E-state index contributed by atoms with van der Waals surface area (Å²) in [6.07, 6.45) is 2.90. The van der Waals surface area contributed by atoms with Crippen LogP contribution >= 0.6 is 23.2 Å². The van der Waals surface area contributed by atoms with Crippen molar-refractivity contribution in [2.45, 2.75) is 0 Å². The van der Waals surface area contributed by atoms with Crippen molar-refractivity contribution in [1.82, 2.24) is 0 Å². The Balaban J connectivity index is 2.09. The van der Waals surface area contributed by atoms with Gasteiger partial charge in [0.2, 0.25) is 5.91 Å². The molecular formula is C15H10Cl2N2O3. The number of hydrogen-bond acceptors (Lipinski definition) is 3. The number of nitro benzene ring substituents is 1. The summed E-state index contributed by atoms with van der Waals surface area (Å²) < 4.78 is 0. The summed E-state index contributed by atoms with van der Waals surface area (Å²) in [6.45, 7) is 0. The van der Waals surface area contributed by atoms with Crippen molar-refractivity contribution in [3.63, 3.8) is 0 Å². The fourth-order valence-electron chi connectivity index (χ4n) is 1.70. The van der Waals surface area contributed by atoms with Gasteiger partial charge in [0.15, 0.2) is 0 Å². The summed E-state index contributed by atoms with van der Waals surface area (Å²) in [4.78, 5) is 22.0. The molecule has 0 aliphatic carbocycles. The van der Waals surface area contributed by atoms with E-state index in [-0.39, 0.29) is 16.4 Å². The number of carbonyl (C=O) groups excluding carboxylic acids is 1. The predicted octanol–water partition coefficient (Wildman–Crippen LogP) is 4.55. The minimum Gasteiger partial charge on any atom is -0.322 e. The van der Waals surface area contributed by atoms with Crippen molar-refractivity contribution in [3.05, 3.63) is 74.3 Å². The van der Waals surface area contributed by atoms with Gasteiger partial charge in [-0.3, -0.25) is 14.9 Å². The molecule has 5 nitrogen and oxygen atoms in total. The number of carbonyl (C=O) groups is 1. The predicted molar refractivity (Wildman–Crippen MR) is 87.2 cm³/mol. The van der Waals surface area contributed by atoms with Gasteiger partial charge in [-0.25, -0.2) is 0 Å². The SMILES string of the molecule is O=C(/C=C/c1cccc(Cl)c1)Nc1ccc(Cl)c([N+](=O)[O-])c1. The van der Waals surface area contributed by atoms with E-state index in [9.17, 15) is 14.9 Å². The van der Waals surface area contributed by atoms with Gasteiger partial charge in [-0.15, -0.1) is 0 Å². The van der Waals surface area contributed by atoms with Crippen LogP contribution in [0.15, 0.2) is 48.5 Å². The third kappa shape index (κ3) is 4.31. The molecule has 0 aliphatic rings. The molecule has 2 aromatic rings. The molecule has 0 unspecified atom stereocenters. The lowest BCUT2D eigenvalue weighted by molar-refractivity contribution is -0.384. The van der Waals surface area contributed by atoms with Gasteiger partial charge in [0, 0.05) is 22.9 Å². The number of nitro groups is 1. The first-order chi connectivity index (χ1) is 10.5. The molecule has 1 amide bonds. The van der Waals surface area contributed by atoms with Crippen molar-refractivity contribution in [1.29, 1.82) is 0 Å². The van der Waals surface area contributed by atoms with Crippen LogP contribution in [0.5, 0.6) is 0 Å². The van der Waals surface area contributed by atoms with Crippen molar-refractivity contribution in [2.24, 2.45) is 0 Å². The maximum Gasteiger partial charge on any atom is 0.289 e. The zero-order valence-electron chi connectivity index (χ0n) is 11.1. The lowest BCUT2D eigenvalue weighted by Gasteiger charge is -2.03. The lowest BCUT2D eigenvalue weighted by atomic mass is 10.2. The van der Waals surface area contributed by atoms with Gasteiger partial charge in [-0.05, 0) is 35.9 Å². The van der Waals surface area contributed by atoms with Crippen LogP contribution < -0.4 is 5.32 Å². The molecule has 2 rings (SSSR count). The summed E-state index contributed by atoms with van der Waals surface area (Å²) in [5, 5.41) is 13.9. The first kappa shape index (κ1) is 16.0. The Hall–Kier alpha value is -2.37. The number of anilines is 1. The second-order valence-corrected chi connectivity index (χ2v) is 5.14. The van der Waals surface area contributed by atoms with Crippen LogP contribution in [0.3, 0.4) is 0 Å². The van der Waals surface area contributed by atoms with E-state index >= 15 is 0 Å². The Morgan fingerprint density at radius 3 is 2.64 bits per heavy atom. The molecule has 0 aliphatic heterocycles. The number of benzene rings is 2. The fourth-order valence-corrected chi connectivity index (χ4v) is 2.08. The zero-order chi connectivity index (χ0) is 16.1. The van der Waals surface area contributed by atoms with Crippen LogP contribution in [0, 0.1) is 10.1 Å². The maximum absolute atomic E-state index is 11.8. The minimum atomic E-state index is -0.611. The summed E-state index contributed by atoms with van der Waals surface area (Å²) in [5.74, 6) is -0.420. The molecule has 22 heavy (non-hydrogen) atoms. The van der Waals surface area contributed by atoms with E-state index in [1.54, 1.807) is 30.3 Å². The van der Waals surface area contributed by atoms with Crippen LogP contribution in [0.2, 0.25) is 10.0 Å². The van der Waals surface area contributed by atoms with Crippen LogP contribution in [-0.2, 0) is 4.79 Å². The first-order valence-corrected chi connectivity index (χ1v) is 6.90. The summed E-state index contributed by atoms with van der Waals surface area (Å²) in [5.41, 5.74) is 0.792. The highest BCUT2D eigenvalue weighted by molar-refractivity contribution is 6.32. The Labute approximate surface area is 136 Å². The van der Waals surface area contributed by atoms with E-state index in [1.807, 2.05) is 0 Å². The van der Waals surface area contributed by atoms with Gasteiger partial charge in [-0.2, -0.15) is 0 Å². The molecule has 1 N–H and O–H groups in total. The average Bonchev–Trinajstić information content (AvgIpc) is 2.47. The largest absolute Gasteiger partial charge is 0.322 e. The zero-order valence-corrected chi connectivity index (χ0v) is 12.6. The van der Waals surface area contributed by atoms with Crippen molar-refractivity contribution < 1.29 is 9.72 Å². The van der Waals surface area contributed by atoms with E-state index in [2.05, 4.69) is 5.32 Å². The molecule has 112 valence electrons. The Morgan fingerprint density at radius 2 is 1.95 bits per heavy atom. The van der Waals surface area contributed by atoms with Crippen molar-refractivity contribution in [2.75, 3.05) is 5.32 Å². The van der Waals surface area contributed by atoms with E-state index in [4.69, 9.17) is 23.2 Å². The van der Waals surface area contributed by atoms with E-state index in [0.717, 1.165) is 5.56 Å². The van der Waals surface area contributed by atoms with Crippen LogP contribution in [0.1, 0.15) is 5.56 Å². The molecule has 0 heterocycles. The second-order valence-electron chi connectivity index (χ2n) is 4.30. The fraction of sp³-hybridized carbons (Fsp3) is 0. The molecule has 7 heteroatoms. The molecule has 0 bridgehead atoms.